The Morgan fingerprint density at radius 2 is 2.27 bits per heavy atom. The second kappa shape index (κ2) is 2.33. The Morgan fingerprint density at radius 3 is 3.09 bits per heavy atom. The molecule has 2 heteroatoms. The minimum Gasteiger partial charge on any atom is -0.188 e. The fraction of sp³-hybridized carbons (Fsp3) is 0.222. The number of aryl methyl sites for hydroxylation is 1. The summed E-state index contributed by atoms with van der Waals surface area (Å²) in [6.45, 7) is 2.11. The Morgan fingerprint density at radius 1 is 1.36 bits per heavy atom. The largest absolute Gasteiger partial charge is 0.188 e. The molecule has 2 nitrogen and oxygen atoms in total. The van der Waals surface area contributed by atoms with Crippen LogP contribution < -0.4 is 0 Å². The van der Waals surface area contributed by atoms with Gasteiger partial charge in [0.25, 0.3) is 0 Å². The van der Waals surface area contributed by atoms with Gasteiger partial charge in [0.2, 0.25) is 0 Å². The second-order valence-electron chi connectivity index (χ2n) is 2.49. The van der Waals surface area contributed by atoms with E-state index in [2.05, 4.69) is 29.0 Å². The molecule has 0 aliphatic carbocycles. The van der Waals surface area contributed by atoms with E-state index in [0.29, 0.717) is 0 Å². The minimum absolute atomic E-state index is 0.951. The Kier molecular flexibility index (Phi) is 1.34. The first-order valence-corrected chi connectivity index (χ1v) is 3.69. The molecular weight excluding hydrogens is 136 g/mol. The summed E-state index contributed by atoms with van der Waals surface area (Å²) >= 11 is 0. The van der Waals surface area contributed by atoms with E-state index in [1.54, 1.807) is 0 Å². The van der Waals surface area contributed by atoms with Crippen molar-refractivity contribution in [1.82, 2.24) is 0 Å². The fourth-order valence-electron chi connectivity index (χ4n) is 1.17. The van der Waals surface area contributed by atoms with Crippen LogP contribution in [0.1, 0.15) is 12.5 Å². The zero-order chi connectivity index (χ0) is 7.68. The lowest BCUT2D eigenvalue weighted by Crippen LogP contribution is -1.78. The van der Waals surface area contributed by atoms with Crippen LogP contribution in [0.15, 0.2) is 28.2 Å². The molecule has 2 heterocycles. The van der Waals surface area contributed by atoms with Crippen LogP contribution in [0, 0.1) is 0 Å². The molecule has 2 bridgehead atoms. The quantitative estimate of drug-likeness (QED) is 0.588. The first kappa shape index (κ1) is 6.32. The van der Waals surface area contributed by atoms with Gasteiger partial charge in [-0.15, -0.1) is 0 Å². The molecule has 2 aliphatic rings. The van der Waals surface area contributed by atoms with E-state index in [4.69, 9.17) is 0 Å². The van der Waals surface area contributed by atoms with Gasteiger partial charge in [-0.2, -0.15) is 9.98 Å². The van der Waals surface area contributed by atoms with Gasteiger partial charge in [-0.25, -0.2) is 0 Å². The maximum Gasteiger partial charge on any atom is 0.100 e. The van der Waals surface area contributed by atoms with E-state index in [9.17, 15) is 0 Å². The lowest BCUT2D eigenvalue weighted by Gasteiger charge is -1.98. The van der Waals surface area contributed by atoms with E-state index >= 15 is 0 Å². The van der Waals surface area contributed by atoms with E-state index in [1.165, 1.54) is 5.56 Å². The standard InChI is InChI=1S/C9H8N2/c1-2-7-5-8-3-4-9(7)11-6-10-8/h3-5H,2H2,1H3. The maximum atomic E-state index is 4.06. The van der Waals surface area contributed by atoms with Crippen molar-refractivity contribution in [3.8, 4) is 0 Å². The molecule has 3 rings (SSSR count). The average Bonchev–Trinajstić information content (AvgIpc) is 2.37. The highest BCUT2D eigenvalue weighted by molar-refractivity contribution is 5.66. The number of hydrogen-bond acceptors (Lipinski definition) is 2. The minimum atomic E-state index is 0.951. The van der Waals surface area contributed by atoms with Crippen LogP contribution in [0.2, 0.25) is 0 Å². The van der Waals surface area contributed by atoms with Gasteiger partial charge < -0.3 is 0 Å². The summed E-state index contributed by atoms with van der Waals surface area (Å²) in [5, 5.41) is 0. The van der Waals surface area contributed by atoms with Crippen LogP contribution in [0.3, 0.4) is 0 Å². The molecule has 0 saturated carbocycles. The van der Waals surface area contributed by atoms with E-state index in [1.807, 2.05) is 12.1 Å². The van der Waals surface area contributed by atoms with Gasteiger partial charge in [0.1, 0.15) is 6.01 Å². The highest BCUT2D eigenvalue weighted by atomic mass is 14.8. The second-order valence-corrected chi connectivity index (χ2v) is 2.49. The van der Waals surface area contributed by atoms with Crippen molar-refractivity contribution < 1.29 is 0 Å². The lowest BCUT2D eigenvalue weighted by atomic mass is 10.1. The van der Waals surface area contributed by atoms with Gasteiger partial charge in [0.15, 0.2) is 0 Å². The predicted octanol–water partition coefficient (Wildman–Crippen LogP) is 2.70. The van der Waals surface area contributed by atoms with Crippen molar-refractivity contribution in [2.45, 2.75) is 13.3 Å². The molecule has 0 atom stereocenters. The summed E-state index contributed by atoms with van der Waals surface area (Å²) in [7, 11) is 0. The highest BCUT2D eigenvalue weighted by Gasteiger charge is 2.02. The van der Waals surface area contributed by atoms with Crippen molar-refractivity contribution in [2.24, 2.45) is 9.98 Å². The lowest BCUT2D eigenvalue weighted by molar-refractivity contribution is 1.14. The molecule has 2 aliphatic heterocycles. The molecule has 0 amide bonds. The Bertz CT molecular complexity index is 347. The molecule has 0 spiro atoms. The van der Waals surface area contributed by atoms with Crippen LogP contribution in [-0.4, -0.2) is 6.01 Å². The summed E-state index contributed by atoms with van der Waals surface area (Å²) in [5.74, 6) is 0. The molecule has 0 radical (unpaired) electrons. The molecule has 0 unspecified atom stereocenters. The van der Waals surface area contributed by atoms with Crippen LogP contribution in [0.5, 0.6) is 0 Å². The van der Waals surface area contributed by atoms with Crippen LogP contribution in [-0.2, 0) is 6.42 Å². The summed E-state index contributed by atoms with van der Waals surface area (Å²) in [6.07, 6.45) is 1.00. The number of rotatable bonds is 1. The van der Waals surface area contributed by atoms with Crippen molar-refractivity contribution in [2.75, 3.05) is 0 Å². The Labute approximate surface area is 65.3 Å². The first-order chi connectivity index (χ1) is 5.40. The van der Waals surface area contributed by atoms with Gasteiger partial charge in [-0.1, -0.05) is 6.92 Å². The first-order valence-electron chi connectivity index (χ1n) is 3.69. The zero-order valence-electron chi connectivity index (χ0n) is 6.33. The maximum absolute atomic E-state index is 4.06. The molecule has 11 heavy (non-hydrogen) atoms. The van der Waals surface area contributed by atoms with Crippen LogP contribution in [0.25, 0.3) is 0 Å². The van der Waals surface area contributed by atoms with Crippen molar-refractivity contribution in [3.05, 3.63) is 23.8 Å². The third kappa shape index (κ3) is 0.975. The third-order valence-corrected chi connectivity index (χ3v) is 1.79. The van der Waals surface area contributed by atoms with E-state index < -0.39 is 0 Å². The van der Waals surface area contributed by atoms with Crippen LogP contribution >= 0.6 is 0 Å². The SMILES string of the molecule is CCc1cc2ccc1N=C=N2. The molecule has 54 valence electrons. The number of benzene rings is 1. The molecule has 0 fully saturated rings. The summed E-state index contributed by atoms with van der Waals surface area (Å²) < 4.78 is 0. The highest BCUT2D eigenvalue weighted by Crippen LogP contribution is 2.26. The zero-order valence-corrected chi connectivity index (χ0v) is 6.33. The smallest absolute Gasteiger partial charge is 0.100 e. The summed E-state index contributed by atoms with van der Waals surface area (Å²) in [6, 6.07) is 8.63. The van der Waals surface area contributed by atoms with Crippen molar-refractivity contribution in [3.63, 3.8) is 0 Å². The molecule has 0 N–H and O–H groups in total. The Balaban J connectivity index is 2.69. The monoisotopic (exact) mass is 144 g/mol. The number of fused-ring (bicyclic) bond motifs is 2. The Hall–Kier alpha value is -1.40. The molecule has 0 saturated heterocycles. The number of nitrogens with zero attached hydrogens (tertiary/aromatic N) is 2. The van der Waals surface area contributed by atoms with Gasteiger partial charge >= 0.3 is 0 Å². The molecular formula is C9H8N2. The van der Waals surface area contributed by atoms with Gasteiger partial charge in [0, 0.05) is 0 Å². The van der Waals surface area contributed by atoms with Crippen molar-refractivity contribution in [1.29, 1.82) is 0 Å². The summed E-state index contributed by atoms with van der Waals surface area (Å²) in [5.41, 5.74) is 3.20. The molecule has 0 aromatic heterocycles. The van der Waals surface area contributed by atoms with E-state index in [0.717, 1.165) is 17.8 Å². The normalized spacial score (nSPS) is 12.1. The summed E-state index contributed by atoms with van der Waals surface area (Å²) in [4.78, 5) is 8.06. The number of aliphatic imine (C=N–C) groups is 2. The van der Waals surface area contributed by atoms with Gasteiger partial charge in [-0.05, 0) is 30.2 Å². The fourth-order valence-corrected chi connectivity index (χ4v) is 1.17. The molecule has 1 aromatic rings. The van der Waals surface area contributed by atoms with Gasteiger partial charge in [0.05, 0.1) is 11.4 Å². The topological polar surface area (TPSA) is 24.7 Å². The average molecular weight is 144 g/mol. The van der Waals surface area contributed by atoms with E-state index in [-0.39, 0.29) is 0 Å². The van der Waals surface area contributed by atoms with Gasteiger partial charge in [-0.3, -0.25) is 0 Å². The molecule has 1 aromatic carbocycles. The van der Waals surface area contributed by atoms with Crippen LogP contribution in [0.4, 0.5) is 11.4 Å². The number of hydrogen-bond donors (Lipinski definition) is 0. The predicted molar refractivity (Wildman–Crippen MR) is 45.0 cm³/mol. The van der Waals surface area contributed by atoms with Crippen molar-refractivity contribution >= 4 is 17.4 Å². The third-order valence-electron chi connectivity index (χ3n) is 1.79.